The molecule has 0 amide bonds. The number of halogens is 1. The lowest BCUT2D eigenvalue weighted by atomic mass is 10.1. The average Bonchev–Trinajstić information content (AvgIpc) is 2.90. The summed E-state index contributed by atoms with van der Waals surface area (Å²) in [5.74, 6) is -0.457. The molecule has 0 spiro atoms. The number of sulfonamides is 1. The van der Waals surface area contributed by atoms with Crippen molar-refractivity contribution in [3.05, 3.63) is 28.3 Å². The Kier molecular flexibility index (Phi) is 4.88. The Labute approximate surface area is 128 Å². The number of nitrogens with two attached hydrogens (primary N) is 1. The van der Waals surface area contributed by atoms with Crippen molar-refractivity contribution in [1.29, 1.82) is 0 Å². The van der Waals surface area contributed by atoms with Crippen LogP contribution in [0, 0.1) is 12.8 Å². The first kappa shape index (κ1) is 16.2. The molecular weight excluding hydrogens is 318 g/mol. The Morgan fingerprint density at radius 1 is 1.52 bits per heavy atom. The number of ether oxygens (including phenoxy) is 2. The molecule has 1 atom stereocenters. The summed E-state index contributed by atoms with van der Waals surface area (Å²) >= 11 is 5.95. The van der Waals surface area contributed by atoms with Crippen molar-refractivity contribution >= 4 is 27.6 Å². The van der Waals surface area contributed by atoms with E-state index in [2.05, 4.69) is 0 Å². The second-order valence-electron chi connectivity index (χ2n) is 4.95. The molecular formula is C13H16ClNO5S. The number of primary sulfonamides is 1. The highest BCUT2D eigenvalue weighted by Gasteiger charge is 2.21. The van der Waals surface area contributed by atoms with Crippen LogP contribution in [-0.4, -0.2) is 34.2 Å². The Bertz CT molecular complexity index is 653. The van der Waals surface area contributed by atoms with Crippen molar-refractivity contribution in [2.45, 2.75) is 18.2 Å². The van der Waals surface area contributed by atoms with Gasteiger partial charge in [-0.1, -0.05) is 11.6 Å². The van der Waals surface area contributed by atoms with Crippen LogP contribution in [0.4, 0.5) is 0 Å². The minimum Gasteiger partial charge on any atom is -0.462 e. The maximum atomic E-state index is 12.0. The van der Waals surface area contributed by atoms with Gasteiger partial charge >= 0.3 is 5.97 Å². The zero-order valence-electron chi connectivity index (χ0n) is 11.5. The third-order valence-corrected chi connectivity index (χ3v) is 4.74. The van der Waals surface area contributed by atoms with E-state index in [1.165, 1.54) is 19.1 Å². The summed E-state index contributed by atoms with van der Waals surface area (Å²) in [6.45, 7) is 2.97. The van der Waals surface area contributed by atoms with E-state index in [1.807, 2.05) is 0 Å². The number of hydrogen-bond acceptors (Lipinski definition) is 5. The van der Waals surface area contributed by atoms with Crippen LogP contribution in [0.25, 0.3) is 0 Å². The van der Waals surface area contributed by atoms with Gasteiger partial charge in [0.1, 0.15) is 0 Å². The van der Waals surface area contributed by atoms with Crippen LogP contribution in [0.5, 0.6) is 0 Å². The van der Waals surface area contributed by atoms with Crippen molar-refractivity contribution in [3.8, 4) is 0 Å². The Morgan fingerprint density at radius 3 is 2.81 bits per heavy atom. The lowest BCUT2D eigenvalue weighted by molar-refractivity contribution is 0.0428. The molecule has 1 aromatic rings. The monoisotopic (exact) mass is 333 g/mol. The fraction of sp³-hybridized carbons (Fsp3) is 0.462. The lowest BCUT2D eigenvalue weighted by Gasteiger charge is -2.11. The van der Waals surface area contributed by atoms with E-state index < -0.39 is 16.0 Å². The van der Waals surface area contributed by atoms with E-state index in [0.29, 0.717) is 18.8 Å². The molecule has 2 N–H and O–H groups in total. The van der Waals surface area contributed by atoms with Crippen LogP contribution in [0.1, 0.15) is 22.3 Å². The molecule has 0 bridgehead atoms. The molecule has 116 valence electrons. The quantitative estimate of drug-likeness (QED) is 0.842. The van der Waals surface area contributed by atoms with Gasteiger partial charge in [-0.25, -0.2) is 18.4 Å². The van der Waals surface area contributed by atoms with Gasteiger partial charge in [-0.2, -0.15) is 0 Å². The molecule has 0 aliphatic carbocycles. The highest BCUT2D eigenvalue weighted by molar-refractivity contribution is 7.89. The number of rotatable bonds is 4. The summed E-state index contributed by atoms with van der Waals surface area (Å²) in [7, 11) is -3.95. The number of hydrogen-bond donors (Lipinski definition) is 1. The summed E-state index contributed by atoms with van der Waals surface area (Å²) in [5, 5.41) is 5.26. The minimum atomic E-state index is -3.95. The highest BCUT2D eigenvalue weighted by atomic mass is 35.5. The largest absolute Gasteiger partial charge is 0.462 e. The van der Waals surface area contributed by atoms with Crippen LogP contribution in [0.15, 0.2) is 17.0 Å². The van der Waals surface area contributed by atoms with E-state index in [4.69, 9.17) is 26.2 Å². The van der Waals surface area contributed by atoms with Gasteiger partial charge in [-0.15, -0.1) is 0 Å². The maximum absolute atomic E-state index is 12.0. The van der Waals surface area contributed by atoms with E-state index in [9.17, 15) is 13.2 Å². The van der Waals surface area contributed by atoms with Gasteiger partial charge in [-0.3, -0.25) is 0 Å². The van der Waals surface area contributed by atoms with Crippen molar-refractivity contribution in [3.63, 3.8) is 0 Å². The minimum absolute atomic E-state index is 0.0635. The predicted octanol–water partition coefficient (Wildman–Crippen LogP) is 1.49. The first-order valence-corrected chi connectivity index (χ1v) is 8.29. The molecule has 1 unspecified atom stereocenters. The van der Waals surface area contributed by atoms with Gasteiger partial charge in [-0.05, 0) is 31.0 Å². The smallest absolute Gasteiger partial charge is 0.338 e. The SMILES string of the molecule is Cc1c(Cl)cc(C(=O)OCC2CCOC2)cc1S(N)(=O)=O. The fourth-order valence-corrected chi connectivity index (χ4v) is 3.16. The molecule has 1 fully saturated rings. The van der Waals surface area contributed by atoms with E-state index in [-0.39, 0.29) is 28.0 Å². The zero-order valence-corrected chi connectivity index (χ0v) is 13.0. The van der Waals surface area contributed by atoms with Crippen molar-refractivity contribution in [2.75, 3.05) is 19.8 Å². The van der Waals surface area contributed by atoms with E-state index in [0.717, 1.165) is 6.42 Å². The summed E-state index contributed by atoms with van der Waals surface area (Å²) in [4.78, 5) is 11.8. The van der Waals surface area contributed by atoms with Gasteiger partial charge in [0.15, 0.2) is 0 Å². The Morgan fingerprint density at radius 2 is 2.24 bits per heavy atom. The number of carbonyl (C=O) groups is 1. The normalized spacial score (nSPS) is 18.7. The average molecular weight is 334 g/mol. The standard InChI is InChI=1S/C13H16ClNO5S/c1-8-11(14)4-10(5-12(8)21(15,17)18)13(16)20-7-9-2-3-19-6-9/h4-5,9H,2-3,6-7H2,1H3,(H2,15,17,18). The van der Waals surface area contributed by atoms with Gasteiger partial charge in [0, 0.05) is 17.5 Å². The molecule has 6 nitrogen and oxygen atoms in total. The Balaban J connectivity index is 2.19. The van der Waals surface area contributed by atoms with Crippen LogP contribution >= 0.6 is 11.6 Å². The molecule has 2 rings (SSSR count). The number of esters is 1. The van der Waals surface area contributed by atoms with E-state index in [1.54, 1.807) is 0 Å². The molecule has 21 heavy (non-hydrogen) atoms. The zero-order chi connectivity index (χ0) is 15.6. The van der Waals surface area contributed by atoms with Gasteiger partial charge in [0.05, 0.1) is 23.7 Å². The molecule has 1 aliphatic rings. The summed E-state index contributed by atoms with van der Waals surface area (Å²) < 4.78 is 33.3. The van der Waals surface area contributed by atoms with Crippen molar-refractivity contribution in [1.82, 2.24) is 0 Å². The fourth-order valence-electron chi connectivity index (χ4n) is 2.06. The van der Waals surface area contributed by atoms with Crippen LogP contribution in [-0.2, 0) is 19.5 Å². The maximum Gasteiger partial charge on any atom is 0.338 e. The lowest BCUT2D eigenvalue weighted by Crippen LogP contribution is -2.17. The second kappa shape index (κ2) is 6.31. The highest BCUT2D eigenvalue weighted by Crippen LogP contribution is 2.25. The number of benzene rings is 1. The second-order valence-corrected chi connectivity index (χ2v) is 6.89. The molecule has 0 radical (unpaired) electrons. The molecule has 1 aliphatic heterocycles. The first-order chi connectivity index (χ1) is 9.79. The third kappa shape index (κ3) is 3.94. The van der Waals surface area contributed by atoms with Crippen LogP contribution < -0.4 is 5.14 Å². The molecule has 0 saturated carbocycles. The third-order valence-electron chi connectivity index (χ3n) is 3.31. The topological polar surface area (TPSA) is 95.7 Å². The number of carbonyl (C=O) groups excluding carboxylic acids is 1. The van der Waals surface area contributed by atoms with Gasteiger partial charge in [0.2, 0.25) is 10.0 Å². The van der Waals surface area contributed by atoms with Gasteiger partial charge < -0.3 is 9.47 Å². The first-order valence-electron chi connectivity index (χ1n) is 6.37. The van der Waals surface area contributed by atoms with E-state index >= 15 is 0 Å². The molecule has 8 heteroatoms. The summed E-state index contributed by atoms with van der Waals surface area (Å²) in [6, 6.07) is 2.56. The Hall–Kier alpha value is -1.15. The summed E-state index contributed by atoms with van der Waals surface area (Å²) in [5.41, 5.74) is 0.369. The van der Waals surface area contributed by atoms with Crippen molar-refractivity contribution in [2.24, 2.45) is 11.1 Å². The molecule has 1 aromatic carbocycles. The van der Waals surface area contributed by atoms with Crippen LogP contribution in [0.3, 0.4) is 0 Å². The predicted molar refractivity (Wildman–Crippen MR) is 76.8 cm³/mol. The van der Waals surface area contributed by atoms with Crippen molar-refractivity contribution < 1.29 is 22.7 Å². The van der Waals surface area contributed by atoms with Crippen LogP contribution in [0.2, 0.25) is 5.02 Å². The molecule has 1 saturated heterocycles. The van der Waals surface area contributed by atoms with Gasteiger partial charge in [0.25, 0.3) is 0 Å². The summed E-state index contributed by atoms with van der Waals surface area (Å²) in [6.07, 6.45) is 0.838. The molecule has 0 aromatic heterocycles. The molecule has 1 heterocycles.